The maximum absolute atomic E-state index is 10.9. The molecule has 0 fully saturated rings. The molecular formula is C15H33NO. The van der Waals surface area contributed by atoms with E-state index in [1.807, 2.05) is 6.92 Å². The zero-order chi connectivity index (χ0) is 13.4. The van der Waals surface area contributed by atoms with Gasteiger partial charge in [0.1, 0.15) is 0 Å². The van der Waals surface area contributed by atoms with Gasteiger partial charge in [0.05, 0.1) is 5.60 Å². The maximum Gasteiger partial charge on any atom is 0.0823 e. The Hall–Kier alpha value is -0.0800. The molecule has 1 unspecified atom stereocenters. The van der Waals surface area contributed by atoms with Crippen molar-refractivity contribution in [3.63, 3.8) is 0 Å². The quantitative estimate of drug-likeness (QED) is 0.609. The predicted octanol–water partition coefficient (Wildman–Crippen LogP) is 4.01. The second-order valence-electron chi connectivity index (χ2n) is 5.76. The monoisotopic (exact) mass is 243 g/mol. The first-order chi connectivity index (χ1) is 7.93. The van der Waals surface area contributed by atoms with Gasteiger partial charge in [-0.1, -0.05) is 59.3 Å². The van der Waals surface area contributed by atoms with Crippen LogP contribution in [0, 0.1) is 0 Å². The summed E-state index contributed by atoms with van der Waals surface area (Å²) in [5.74, 6) is 0. The zero-order valence-corrected chi connectivity index (χ0v) is 12.4. The Morgan fingerprint density at radius 1 is 0.824 bits per heavy atom. The molecule has 0 aliphatic heterocycles. The van der Waals surface area contributed by atoms with E-state index < -0.39 is 11.1 Å². The Bertz CT molecular complexity index is 181. The second-order valence-corrected chi connectivity index (χ2v) is 5.76. The summed E-state index contributed by atoms with van der Waals surface area (Å²) in [4.78, 5) is 0. The fourth-order valence-electron chi connectivity index (χ4n) is 2.41. The minimum Gasteiger partial charge on any atom is -0.388 e. The lowest BCUT2D eigenvalue weighted by molar-refractivity contribution is -0.0504. The Morgan fingerprint density at radius 3 is 1.53 bits per heavy atom. The van der Waals surface area contributed by atoms with Crippen LogP contribution in [0.1, 0.15) is 85.5 Å². The molecule has 0 aromatic carbocycles. The van der Waals surface area contributed by atoms with Gasteiger partial charge in [-0.05, 0) is 26.2 Å². The number of aliphatic hydroxyl groups is 1. The predicted molar refractivity (Wildman–Crippen MR) is 76.1 cm³/mol. The van der Waals surface area contributed by atoms with Gasteiger partial charge >= 0.3 is 0 Å². The summed E-state index contributed by atoms with van der Waals surface area (Å²) in [5.41, 5.74) is 5.30. The molecule has 0 bridgehead atoms. The zero-order valence-electron chi connectivity index (χ0n) is 12.4. The van der Waals surface area contributed by atoms with Gasteiger partial charge in [0.2, 0.25) is 0 Å². The van der Waals surface area contributed by atoms with Gasteiger partial charge < -0.3 is 10.8 Å². The van der Waals surface area contributed by atoms with E-state index in [1.54, 1.807) is 0 Å². The Labute approximate surface area is 108 Å². The number of unbranched alkanes of at least 4 members (excludes halogenated alkanes) is 3. The van der Waals surface area contributed by atoms with Crippen LogP contribution >= 0.6 is 0 Å². The minimum atomic E-state index is -0.672. The summed E-state index contributed by atoms with van der Waals surface area (Å²) in [6, 6.07) is 0. The van der Waals surface area contributed by atoms with E-state index in [0.29, 0.717) is 0 Å². The normalized spacial score (nSPS) is 15.9. The molecule has 2 nitrogen and oxygen atoms in total. The smallest absolute Gasteiger partial charge is 0.0823 e. The molecule has 0 saturated carbocycles. The van der Waals surface area contributed by atoms with Crippen LogP contribution in [0.4, 0.5) is 0 Å². The summed E-state index contributed by atoms with van der Waals surface area (Å²) in [5, 5.41) is 10.9. The number of hydrogen-bond acceptors (Lipinski definition) is 2. The van der Waals surface area contributed by atoms with E-state index in [2.05, 4.69) is 20.8 Å². The molecule has 0 aromatic heterocycles. The molecule has 1 atom stereocenters. The third kappa shape index (κ3) is 5.39. The van der Waals surface area contributed by atoms with Crippen molar-refractivity contribution < 1.29 is 5.11 Å². The van der Waals surface area contributed by atoms with Gasteiger partial charge in [-0.25, -0.2) is 0 Å². The molecule has 17 heavy (non-hydrogen) atoms. The van der Waals surface area contributed by atoms with Crippen molar-refractivity contribution in [3.05, 3.63) is 0 Å². The van der Waals surface area contributed by atoms with Crippen molar-refractivity contribution in [2.75, 3.05) is 0 Å². The van der Waals surface area contributed by atoms with Crippen LogP contribution in [0.25, 0.3) is 0 Å². The molecular weight excluding hydrogens is 210 g/mol. The number of rotatable bonds is 10. The molecule has 0 aliphatic carbocycles. The Kier molecular flexibility index (Phi) is 8.06. The first-order valence-corrected chi connectivity index (χ1v) is 7.44. The number of nitrogens with two attached hydrogens (primary N) is 1. The first-order valence-electron chi connectivity index (χ1n) is 7.44. The molecule has 2 heteroatoms. The second kappa shape index (κ2) is 8.10. The molecule has 0 rings (SSSR count). The van der Waals surface area contributed by atoms with Crippen LogP contribution in [0.3, 0.4) is 0 Å². The van der Waals surface area contributed by atoms with Crippen LogP contribution in [-0.2, 0) is 0 Å². The van der Waals surface area contributed by atoms with Crippen LogP contribution < -0.4 is 5.73 Å². The maximum atomic E-state index is 10.9. The lowest BCUT2D eigenvalue weighted by Crippen LogP contribution is -2.58. The van der Waals surface area contributed by atoms with E-state index in [-0.39, 0.29) is 0 Å². The average Bonchev–Trinajstić information content (AvgIpc) is 2.31. The molecule has 0 radical (unpaired) electrons. The van der Waals surface area contributed by atoms with E-state index in [9.17, 15) is 5.11 Å². The Morgan fingerprint density at radius 2 is 1.18 bits per heavy atom. The molecule has 104 valence electrons. The van der Waals surface area contributed by atoms with Crippen molar-refractivity contribution in [3.8, 4) is 0 Å². The largest absolute Gasteiger partial charge is 0.388 e. The molecule has 3 N–H and O–H groups in total. The first kappa shape index (κ1) is 16.9. The summed E-state index contributed by atoms with van der Waals surface area (Å²) >= 11 is 0. The van der Waals surface area contributed by atoms with E-state index >= 15 is 0 Å². The van der Waals surface area contributed by atoms with Crippen LogP contribution in [-0.4, -0.2) is 16.2 Å². The molecule has 0 heterocycles. The van der Waals surface area contributed by atoms with Crippen molar-refractivity contribution in [1.82, 2.24) is 0 Å². The molecule has 0 aliphatic rings. The van der Waals surface area contributed by atoms with Gasteiger partial charge in [0.25, 0.3) is 0 Å². The SMILES string of the molecule is CCCCC(C)(N)C(O)(CCCC)CCCC. The van der Waals surface area contributed by atoms with E-state index in [1.165, 1.54) is 0 Å². The fourth-order valence-corrected chi connectivity index (χ4v) is 2.41. The number of hydrogen-bond donors (Lipinski definition) is 2. The summed E-state index contributed by atoms with van der Waals surface area (Å²) in [6.45, 7) is 8.54. The van der Waals surface area contributed by atoms with Crippen molar-refractivity contribution in [1.29, 1.82) is 0 Å². The average molecular weight is 243 g/mol. The topological polar surface area (TPSA) is 46.2 Å². The molecule has 0 amide bonds. The van der Waals surface area contributed by atoms with Crippen molar-refractivity contribution in [2.45, 2.75) is 96.6 Å². The van der Waals surface area contributed by atoms with Crippen molar-refractivity contribution >= 4 is 0 Å². The van der Waals surface area contributed by atoms with Crippen molar-refractivity contribution in [2.24, 2.45) is 5.73 Å². The van der Waals surface area contributed by atoms with Crippen LogP contribution in [0.5, 0.6) is 0 Å². The van der Waals surface area contributed by atoms with Gasteiger partial charge in [-0.2, -0.15) is 0 Å². The Balaban J connectivity index is 4.60. The third-order valence-electron chi connectivity index (χ3n) is 4.00. The van der Waals surface area contributed by atoms with Crippen LogP contribution in [0.15, 0.2) is 0 Å². The lowest BCUT2D eigenvalue weighted by Gasteiger charge is -2.43. The highest BCUT2D eigenvalue weighted by atomic mass is 16.3. The minimum absolute atomic E-state index is 0.437. The van der Waals surface area contributed by atoms with Gasteiger partial charge in [-0.3, -0.25) is 0 Å². The highest BCUT2D eigenvalue weighted by molar-refractivity contribution is 5.00. The molecule has 0 aromatic rings. The highest BCUT2D eigenvalue weighted by Crippen LogP contribution is 2.34. The van der Waals surface area contributed by atoms with E-state index in [4.69, 9.17) is 5.73 Å². The summed E-state index contributed by atoms with van der Waals surface area (Å²) in [7, 11) is 0. The van der Waals surface area contributed by atoms with Gasteiger partial charge in [0.15, 0.2) is 0 Å². The highest BCUT2D eigenvalue weighted by Gasteiger charge is 2.42. The fraction of sp³-hybridized carbons (Fsp3) is 1.00. The van der Waals surface area contributed by atoms with Gasteiger partial charge in [0, 0.05) is 5.54 Å². The standard InChI is InChI=1S/C15H33NO/c1-5-8-11-14(4,16)15(17,12-9-6-2)13-10-7-3/h17H,5-13,16H2,1-4H3. The molecule has 0 saturated heterocycles. The lowest BCUT2D eigenvalue weighted by atomic mass is 9.72. The van der Waals surface area contributed by atoms with Crippen LogP contribution in [0.2, 0.25) is 0 Å². The third-order valence-corrected chi connectivity index (χ3v) is 4.00. The molecule has 0 spiro atoms. The van der Waals surface area contributed by atoms with E-state index in [0.717, 1.165) is 57.8 Å². The summed E-state index contributed by atoms with van der Waals surface area (Å²) in [6.07, 6.45) is 9.25. The summed E-state index contributed by atoms with van der Waals surface area (Å²) < 4.78 is 0. The van der Waals surface area contributed by atoms with Gasteiger partial charge in [-0.15, -0.1) is 0 Å².